The molecule has 4 rings (SSSR count). The van der Waals surface area contributed by atoms with E-state index in [9.17, 15) is 0 Å². The minimum atomic E-state index is 0.432. The van der Waals surface area contributed by atoms with Gasteiger partial charge in [-0.15, -0.1) is 0 Å². The average Bonchev–Trinajstić information content (AvgIpc) is 2.78. The van der Waals surface area contributed by atoms with Crippen molar-refractivity contribution in [2.45, 2.75) is 37.8 Å². The topological polar surface area (TPSA) is 65.1 Å². The van der Waals surface area contributed by atoms with Crippen LogP contribution in [0.4, 0.5) is 17.5 Å². The van der Waals surface area contributed by atoms with Crippen LogP contribution in [0.15, 0.2) is 54.6 Å². The van der Waals surface area contributed by atoms with E-state index in [1.165, 1.54) is 18.5 Å². The van der Waals surface area contributed by atoms with Crippen molar-refractivity contribution in [3.05, 3.63) is 54.6 Å². The summed E-state index contributed by atoms with van der Waals surface area (Å²) in [6, 6.07) is 19.6. The summed E-state index contributed by atoms with van der Waals surface area (Å²) in [5, 5.41) is 11.8. The number of aromatic nitrogens is 2. The van der Waals surface area contributed by atoms with E-state index in [0.29, 0.717) is 12.1 Å². The molecule has 1 saturated carbocycles. The minimum absolute atomic E-state index is 0.432. The van der Waals surface area contributed by atoms with Gasteiger partial charge in [0.1, 0.15) is 5.82 Å². The zero-order chi connectivity index (χ0) is 20.8. The predicted octanol–water partition coefficient (Wildman–Crippen LogP) is 4.12. The second-order valence-corrected chi connectivity index (χ2v) is 8.22. The summed E-state index contributed by atoms with van der Waals surface area (Å²) in [5.41, 5.74) is 2.17. The van der Waals surface area contributed by atoms with E-state index < -0.39 is 0 Å². The van der Waals surface area contributed by atoms with E-state index in [-0.39, 0.29) is 0 Å². The first-order chi connectivity index (χ1) is 14.7. The Morgan fingerprint density at radius 1 is 0.833 bits per heavy atom. The lowest BCUT2D eigenvalue weighted by Gasteiger charge is -2.30. The Bertz CT molecular complexity index is 935. The first-order valence-electron chi connectivity index (χ1n) is 10.9. The highest BCUT2D eigenvalue weighted by Crippen LogP contribution is 2.26. The van der Waals surface area contributed by atoms with Gasteiger partial charge in [-0.25, -0.2) is 4.98 Å². The quantitative estimate of drug-likeness (QED) is 0.491. The maximum absolute atomic E-state index is 4.78. The van der Waals surface area contributed by atoms with E-state index in [1.807, 2.05) is 32.3 Å². The standard InChI is InChI=1S/C24H32N6/c1-30(2)23-21-10-6-7-11-22(21)28-24(29-23)27-20-14-12-19(13-15-20)26-17-16-25-18-8-4-3-5-9-18/h3-11,19-20,25-26H,12-17H2,1-2H3,(H,27,28,29). The number of hydrogen-bond acceptors (Lipinski definition) is 6. The zero-order valence-corrected chi connectivity index (χ0v) is 17.9. The molecular weight excluding hydrogens is 372 g/mol. The molecule has 0 bridgehead atoms. The normalized spacial score (nSPS) is 18.9. The number of nitrogens with zero attached hydrogens (tertiary/aromatic N) is 3. The third-order valence-corrected chi connectivity index (χ3v) is 5.73. The molecule has 1 heterocycles. The van der Waals surface area contributed by atoms with Gasteiger partial charge in [0.2, 0.25) is 5.95 Å². The first kappa shape index (κ1) is 20.4. The summed E-state index contributed by atoms with van der Waals surface area (Å²) in [6.45, 7) is 1.93. The Labute approximate surface area is 179 Å². The Balaban J connectivity index is 1.26. The molecular formula is C24H32N6. The third kappa shape index (κ3) is 5.19. The fraction of sp³-hybridized carbons (Fsp3) is 0.417. The van der Waals surface area contributed by atoms with Crippen LogP contribution in [0.1, 0.15) is 25.7 Å². The van der Waals surface area contributed by atoms with Gasteiger partial charge in [-0.3, -0.25) is 0 Å². The van der Waals surface area contributed by atoms with Gasteiger partial charge in [0.25, 0.3) is 0 Å². The van der Waals surface area contributed by atoms with Gasteiger partial charge in [-0.05, 0) is 49.9 Å². The summed E-state index contributed by atoms with van der Waals surface area (Å²) in [6.07, 6.45) is 4.63. The molecule has 0 spiro atoms. The highest BCUT2D eigenvalue weighted by molar-refractivity contribution is 5.90. The molecule has 2 aromatic carbocycles. The second-order valence-electron chi connectivity index (χ2n) is 8.22. The number of benzene rings is 2. The Morgan fingerprint density at radius 2 is 1.53 bits per heavy atom. The van der Waals surface area contributed by atoms with Crippen molar-refractivity contribution in [2.75, 3.05) is 42.7 Å². The van der Waals surface area contributed by atoms with Crippen molar-refractivity contribution in [3.63, 3.8) is 0 Å². The second kappa shape index (κ2) is 9.76. The van der Waals surface area contributed by atoms with E-state index >= 15 is 0 Å². The third-order valence-electron chi connectivity index (χ3n) is 5.73. The van der Waals surface area contributed by atoms with Crippen LogP contribution in [0.3, 0.4) is 0 Å². The van der Waals surface area contributed by atoms with Crippen LogP contribution in [0.2, 0.25) is 0 Å². The van der Waals surface area contributed by atoms with E-state index in [1.54, 1.807) is 0 Å². The van der Waals surface area contributed by atoms with Gasteiger partial charge in [-0.1, -0.05) is 30.3 Å². The number of para-hydroxylation sites is 2. The van der Waals surface area contributed by atoms with Crippen molar-refractivity contribution >= 4 is 28.4 Å². The van der Waals surface area contributed by atoms with Crippen LogP contribution in [-0.2, 0) is 0 Å². The van der Waals surface area contributed by atoms with Gasteiger partial charge in [0, 0.05) is 50.3 Å². The molecule has 1 fully saturated rings. The van der Waals surface area contributed by atoms with E-state index in [0.717, 1.165) is 48.6 Å². The summed E-state index contributed by atoms with van der Waals surface area (Å²) >= 11 is 0. The SMILES string of the molecule is CN(C)c1nc(NC2CCC(NCCNc3ccccc3)CC2)nc2ccccc12. The molecule has 0 atom stereocenters. The molecule has 3 aromatic rings. The Hall–Kier alpha value is -2.86. The molecule has 0 aliphatic heterocycles. The van der Waals surface area contributed by atoms with Crippen LogP contribution >= 0.6 is 0 Å². The maximum atomic E-state index is 4.78. The van der Waals surface area contributed by atoms with Gasteiger partial charge in [0.15, 0.2) is 0 Å². The summed E-state index contributed by atoms with van der Waals surface area (Å²) < 4.78 is 0. The lowest BCUT2D eigenvalue weighted by molar-refractivity contribution is 0.357. The number of hydrogen-bond donors (Lipinski definition) is 3. The molecule has 6 nitrogen and oxygen atoms in total. The van der Waals surface area contributed by atoms with Crippen molar-refractivity contribution in [1.29, 1.82) is 0 Å². The van der Waals surface area contributed by atoms with Crippen molar-refractivity contribution in [2.24, 2.45) is 0 Å². The summed E-state index contributed by atoms with van der Waals surface area (Å²) in [5.74, 6) is 1.70. The van der Waals surface area contributed by atoms with E-state index in [4.69, 9.17) is 9.97 Å². The minimum Gasteiger partial charge on any atom is -0.384 e. The fourth-order valence-corrected chi connectivity index (χ4v) is 4.13. The monoisotopic (exact) mass is 404 g/mol. The molecule has 6 heteroatoms. The van der Waals surface area contributed by atoms with Crippen molar-refractivity contribution < 1.29 is 0 Å². The molecule has 0 unspecified atom stereocenters. The lowest BCUT2D eigenvalue weighted by atomic mass is 9.91. The molecule has 0 amide bonds. The number of rotatable bonds is 8. The molecule has 3 N–H and O–H groups in total. The summed E-state index contributed by atoms with van der Waals surface area (Å²) in [4.78, 5) is 11.6. The molecule has 1 aromatic heterocycles. The first-order valence-corrected chi connectivity index (χ1v) is 10.9. The molecule has 0 radical (unpaired) electrons. The molecule has 1 aliphatic rings. The Morgan fingerprint density at radius 3 is 2.30 bits per heavy atom. The largest absolute Gasteiger partial charge is 0.384 e. The van der Waals surface area contributed by atoms with Crippen molar-refractivity contribution in [3.8, 4) is 0 Å². The smallest absolute Gasteiger partial charge is 0.225 e. The number of fused-ring (bicyclic) bond motifs is 1. The van der Waals surface area contributed by atoms with Crippen LogP contribution < -0.4 is 20.9 Å². The number of anilines is 3. The number of nitrogens with one attached hydrogen (secondary N) is 3. The average molecular weight is 405 g/mol. The van der Waals surface area contributed by atoms with Crippen LogP contribution in [0.25, 0.3) is 10.9 Å². The van der Waals surface area contributed by atoms with Gasteiger partial charge in [-0.2, -0.15) is 4.98 Å². The van der Waals surface area contributed by atoms with E-state index in [2.05, 4.69) is 57.2 Å². The van der Waals surface area contributed by atoms with Crippen LogP contribution in [0.5, 0.6) is 0 Å². The molecule has 158 valence electrons. The molecule has 0 saturated heterocycles. The van der Waals surface area contributed by atoms with Crippen LogP contribution in [0, 0.1) is 0 Å². The van der Waals surface area contributed by atoms with Gasteiger partial charge in [0.05, 0.1) is 5.52 Å². The van der Waals surface area contributed by atoms with Gasteiger partial charge < -0.3 is 20.9 Å². The lowest BCUT2D eigenvalue weighted by Crippen LogP contribution is -2.39. The molecule has 1 aliphatic carbocycles. The molecule has 30 heavy (non-hydrogen) atoms. The fourth-order valence-electron chi connectivity index (χ4n) is 4.13. The van der Waals surface area contributed by atoms with Crippen LogP contribution in [-0.4, -0.2) is 49.2 Å². The summed E-state index contributed by atoms with van der Waals surface area (Å²) in [7, 11) is 4.06. The van der Waals surface area contributed by atoms with Gasteiger partial charge >= 0.3 is 0 Å². The van der Waals surface area contributed by atoms with Crippen molar-refractivity contribution in [1.82, 2.24) is 15.3 Å². The Kier molecular flexibility index (Phi) is 6.64. The maximum Gasteiger partial charge on any atom is 0.225 e. The highest BCUT2D eigenvalue weighted by atomic mass is 15.2. The highest BCUT2D eigenvalue weighted by Gasteiger charge is 2.21. The zero-order valence-electron chi connectivity index (χ0n) is 17.9. The predicted molar refractivity (Wildman–Crippen MR) is 126 cm³/mol.